The Labute approximate surface area is 143 Å². The number of anilines is 1. The number of hydrogen-bond donors (Lipinski definition) is 2. The van der Waals surface area contributed by atoms with E-state index >= 15 is 0 Å². The van der Waals surface area contributed by atoms with E-state index in [2.05, 4.69) is 24.5 Å². The molecule has 0 spiro atoms. The molecule has 0 unspecified atom stereocenters. The molecule has 0 fully saturated rings. The van der Waals surface area contributed by atoms with E-state index in [9.17, 15) is 4.79 Å². The minimum absolute atomic E-state index is 0.0581. The van der Waals surface area contributed by atoms with E-state index in [4.69, 9.17) is 11.6 Å². The Bertz CT molecular complexity index is 653. The van der Waals surface area contributed by atoms with E-state index in [1.807, 2.05) is 55.5 Å². The van der Waals surface area contributed by atoms with Gasteiger partial charge in [-0.3, -0.25) is 4.79 Å². The number of amides is 1. The molecule has 2 aromatic rings. The van der Waals surface area contributed by atoms with E-state index in [0.717, 1.165) is 11.3 Å². The third-order valence-corrected chi connectivity index (χ3v) is 4.01. The number of carbonyl (C=O) groups is 1. The third-order valence-electron chi connectivity index (χ3n) is 3.78. The van der Waals surface area contributed by atoms with Gasteiger partial charge in [-0.15, -0.1) is 0 Å². The van der Waals surface area contributed by atoms with Gasteiger partial charge in [0.15, 0.2) is 0 Å². The van der Waals surface area contributed by atoms with E-state index in [0.29, 0.717) is 10.9 Å². The summed E-state index contributed by atoms with van der Waals surface area (Å²) < 4.78 is 0. The van der Waals surface area contributed by atoms with Gasteiger partial charge in [0.25, 0.3) is 0 Å². The van der Waals surface area contributed by atoms with Gasteiger partial charge in [-0.1, -0.05) is 49.7 Å². The molecule has 0 saturated carbocycles. The van der Waals surface area contributed by atoms with Gasteiger partial charge in [-0.05, 0) is 48.2 Å². The van der Waals surface area contributed by atoms with Crippen LogP contribution < -0.4 is 10.6 Å². The number of rotatable bonds is 6. The summed E-state index contributed by atoms with van der Waals surface area (Å²) in [5.41, 5.74) is 3.14. The summed E-state index contributed by atoms with van der Waals surface area (Å²) in [6, 6.07) is 15.7. The molecule has 0 bridgehead atoms. The summed E-state index contributed by atoms with van der Waals surface area (Å²) in [6.07, 6.45) is 0. The van der Waals surface area contributed by atoms with Crippen molar-refractivity contribution in [3.63, 3.8) is 0 Å². The maximum atomic E-state index is 12.0. The zero-order chi connectivity index (χ0) is 16.8. The molecular formula is C19H23ClN2O. The Kier molecular flexibility index (Phi) is 6.20. The summed E-state index contributed by atoms with van der Waals surface area (Å²) in [5, 5.41) is 6.80. The highest BCUT2D eigenvalue weighted by atomic mass is 35.5. The topological polar surface area (TPSA) is 41.1 Å². The predicted octanol–water partition coefficient (Wildman–Crippen LogP) is 4.75. The lowest BCUT2D eigenvalue weighted by atomic mass is 10.0. The smallest absolute Gasteiger partial charge is 0.238 e. The van der Waals surface area contributed by atoms with Crippen molar-refractivity contribution in [3.8, 4) is 0 Å². The minimum Gasteiger partial charge on any atom is -0.325 e. The highest BCUT2D eigenvalue weighted by molar-refractivity contribution is 6.30. The van der Waals surface area contributed by atoms with E-state index in [-0.39, 0.29) is 18.5 Å². The van der Waals surface area contributed by atoms with Gasteiger partial charge in [0.1, 0.15) is 0 Å². The molecule has 0 aliphatic rings. The van der Waals surface area contributed by atoms with Crippen molar-refractivity contribution in [3.05, 3.63) is 64.7 Å². The normalized spacial score (nSPS) is 12.2. The summed E-state index contributed by atoms with van der Waals surface area (Å²) in [6.45, 7) is 6.56. The van der Waals surface area contributed by atoms with E-state index < -0.39 is 0 Å². The molecule has 1 atom stereocenters. The van der Waals surface area contributed by atoms with Crippen LogP contribution in [0.3, 0.4) is 0 Å². The van der Waals surface area contributed by atoms with Crippen LogP contribution in [0.2, 0.25) is 5.02 Å². The molecule has 1 amide bonds. The zero-order valence-electron chi connectivity index (χ0n) is 13.8. The lowest BCUT2D eigenvalue weighted by Crippen LogP contribution is -2.30. The Balaban J connectivity index is 1.85. The van der Waals surface area contributed by atoms with Crippen LogP contribution in [0.25, 0.3) is 0 Å². The SMILES string of the molecule is CC(C)c1ccc(NC(=O)CN[C@H](C)c2cccc(Cl)c2)cc1. The Morgan fingerprint density at radius 2 is 1.74 bits per heavy atom. The number of benzene rings is 2. The molecule has 122 valence electrons. The second kappa shape index (κ2) is 8.14. The molecule has 2 aromatic carbocycles. The second-order valence-electron chi connectivity index (χ2n) is 5.98. The van der Waals surface area contributed by atoms with Crippen molar-refractivity contribution in [2.75, 3.05) is 11.9 Å². The number of hydrogen-bond acceptors (Lipinski definition) is 2. The van der Waals surface area contributed by atoms with Crippen LogP contribution in [0.1, 0.15) is 43.9 Å². The summed E-state index contributed by atoms with van der Waals surface area (Å²) in [5.74, 6) is 0.427. The molecule has 2 rings (SSSR count). The van der Waals surface area contributed by atoms with Crippen molar-refractivity contribution in [1.29, 1.82) is 0 Å². The standard InChI is InChI=1S/C19H23ClN2O/c1-13(2)15-7-9-18(10-8-15)22-19(23)12-21-14(3)16-5-4-6-17(20)11-16/h4-11,13-14,21H,12H2,1-3H3,(H,22,23)/t14-/m1/s1. The fraction of sp³-hybridized carbons (Fsp3) is 0.316. The van der Waals surface area contributed by atoms with Gasteiger partial charge in [0, 0.05) is 16.8 Å². The van der Waals surface area contributed by atoms with E-state index in [1.54, 1.807) is 0 Å². The lowest BCUT2D eigenvalue weighted by molar-refractivity contribution is -0.115. The molecule has 23 heavy (non-hydrogen) atoms. The molecule has 0 heterocycles. The van der Waals surface area contributed by atoms with E-state index in [1.165, 1.54) is 5.56 Å². The first kappa shape index (κ1) is 17.5. The van der Waals surface area contributed by atoms with Gasteiger partial charge in [0.05, 0.1) is 6.54 Å². The number of carbonyl (C=O) groups excluding carboxylic acids is 1. The molecule has 2 N–H and O–H groups in total. The van der Waals surface area contributed by atoms with Crippen LogP contribution in [0.5, 0.6) is 0 Å². The second-order valence-corrected chi connectivity index (χ2v) is 6.42. The first-order valence-corrected chi connectivity index (χ1v) is 8.22. The zero-order valence-corrected chi connectivity index (χ0v) is 14.5. The van der Waals surface area contributed by atoms with Crippen molar-refractivity contribution in [2.24, 2.45) is 0 Å². The maximum absolute atomic E-state index is 12.0. The average Bonchev–Trinajstić information content (AvgIpc) is 2.53. The maximum Gasteiger partial charge on any atom is 0.238 e. The third kappa shape index (κ3) is 5.38. The van der Waals surface area contributed by atoms with Crippen LogP contribution in [0, 0.1) is 0 Å². The van der Waals surface area contributed by atoms with Gasteiger partial charge < -0.3 is 10.6 Å². The molecule has 0 saturated heterocycles. The monoisotopic (exact) mass is 330 g/mol. The number of nitrogens with one attached hydrogen (secondary N) is 2. The first-order chi connectivity index (χ1) is 11.0. The molecule has 4 heteroatoms. The van der Waals surface area contributed by atoms with Crippen molar-refractivity contribution < 1.29 is 4.79 Å². The fourth-order valence-electron chi connectivity index (χ4n) is 2.30. The molecule has 0 aliphatic heterocycles. The highest BCUT2D eigenvalue weighted by Gasteiger charge is 2.08. The van der Waals surface area contributed by atoms with Crippen LogP contribution >= 0.6 is 11.6 Å². The predicted molar refractivity (Wildman–Crippen MR) is 97.0 cm³/mol. The average molecular weight is 331 g/mol. The van der Waals surface area contributed by atoms with Crippen LogP contribution in [-0.2, 0) is 4.79 Å². The summed E-state index contributed by atoms with van der Waals surface area (Å²) >= 11 is 5.99. The van der Waals surface area contributed by atoms with Gasteiger partial charge in [0.2, 0.25) is 5.91 Å². The Morgan fingerprint density at radius 1 is 1.04 bits per heavy atom. The molecule has 3 nitrogen and oxygen atoms in total. The fourth-order valence-corrected chi connectivity index (χ4v) is 2.49. The van der Waals surface area contributed by atoms with Crippen molar-refractivity contribution in [2.45, 2.75) is 32.7 Å². The lowest BCUT2D eigenvalue weighted by Gasteiger charge is -2.14. The van der Waals surface area contributed by atoms with Gasteiger partial charge in [-0.2, -0.15) is 0 Å². The minimum atomic E-state index is -0.0591. The first-order valence-electron chi connectivity index (χ1n) is 7.84. The van der Waals surface area contributed by atoms with Crippen molar-refractivity contribution >= 4 is 23.2 Å². The van der Waals surface area contributed by atoms with Crippen molar-refractivity contribution in [1.82, 2.24) is 5.32 Å². The molecule has 0 radical (unpaired) electrons. The van der Waals surface area contributed by atoms with Gasteiger partial charge in [-0.25, -0.2) is 0 Å². The Morgan fingerprint density at radius 3 is 2.35 bits per heavy atom. The highest BCUT2D eigenvalue weighted by Crippen LogP contribution is 2.18. The van der Waals surface area contributed by atoms with Crippen LogP contribution in [-0.4, -0.2) is 12.5 Å². The molecular weight excluding hydrogens is 308 g/mol. The quantitative estimate of drug-likeness (QED) is 0.802. The Hall–Kier alpha value is -1.84. The number of halogens is 1. The van der Waals surface area contributed by atoms with Crippen LogP contribution in [0.15, 0.2) is 48.5 Å². The molecule has 0 aromatic heterocycles. The summed E-state index contributed by atoms with van der Waals surface area (Å²) in [4.78, 5) is 12.0. The summed E-state index contributed by atoms with van der Waals surface area (Å²) in [7, 11) is 0. The van der Waals surface area contributed by atoms with Gasteiger partial charge >= 0.3 is 0 Å². The van der Waals surface area contributed by atoms with Crippen LogP contribution in [0.4, 0.5) is 5.69 Å². The molecule has 0 aliphatic carbocycles. The largest absolute Gasteiger partial charge is 0.325 e.